The predicted molar refractivity (Wildman–Crippen MR) is 63.5 cm³/mol. The maximum absolute atomic E-state index is 12.9. The van der Waals surface area contributed by atoms with Crippen LogP contribution in [0.3, 0.4) is 0 Å². The fraction of sp³-hybridized carbons (Fsp3) is 0.143. The van der Waals surface area contributed by atoms with Crippen molar-refractivity contribution in [2.75, 3.05) is 0 Å². The molecule has 0 saturated carbocycles. The maximum Gasteiger partial charge on any atom is 0.130 e. The molecule has 17 heavy (non-hydrogen) atoms. The lowest BCUT2D eigenvalue weighted by Crippen LogP contribution is -1.91. The first-order valence-electron chi connectivity index (χ1n) is 5.36. The minimum absolute atomic E-state index is 0.330. The van der Waals surface area contributed by atoms with Gasteiger partial charge in [0.1, 0.15) is 17.3 Å². The summed E-state index contributed by atoms with van der Waals surface area (Å²) < 4.78 is 18.4. The number of ether oxygens (including phenoxy) is 1. The van der Waals surface area contributed by atoms with E-state index in [4.69, 9.17) is 4.74 Å². The number of aliphatic hydroxyl groups excluding tert-OH is 1. The number of halogens is 1. The van der Waals surface area contributed by atoms with Gasteiger partial charge in [0.15, 0.2) is 0 Å². The lowest BCUT2D eigenvalue weighted by Gasteiger charge is -2.08. The van der Waals surface area contributed by atoms with Crippen molar-refractivity contribution in [1.82, 2.24) is 0 Å². The molecule has 0 saturated heterocycles. The molecule has 0 radical (unpaired) electrons. The quantitative estimate of drug-likeness (QED) is 0.874. The van der Waals surface area contributed by atoms with Crippen molar-refractivity contribution in [1.29, 1.82) is 0 Å². The highest BCUT2D eigenvalue weighted by atomic mass is 19.1. The molecule has 0 heterocycles. The molecule has 0 aliphatic carbocycles. The van der Waals surface area contributed by atoms with E-state index in [1.54, 1.807) is 43.3 Å². The van der Waals surface area contributed by atoms with Crippen LogP contribution in [0.1, 0.15) is 18.6 Å². The van der Waals surface area contributed by atoms with Gasteiger partial charge in [0.05, 0.1) is 6.10 Å². The molecule has 2 rings (SSSR count). The Bertz CT molecular complexity index is 492. The van der Waals surface area contributed by atoms with Crippen molar-refractivity contribution in [3.05, 3.63) is 59.9 Å². The van der Waals surface area contributed by atoms with Crippen molar-refractivity contribution in [2.24, 2.45) is 0 Å². The number of benzene rings is 2. The van der Waals surface area contributed by atoms with Crippen LogP contribution < -0.4 is 4.74 Å². The van der Waals surface area contributed by atoms with Crippen molar-refractivity contribution < 1.29 is 14.2 Å². The third-order valence-electron chi connectivity index (χ3n) is 2.39. The van der Waals surface area contributed by atoms with Crippen LogP contribution >= 0.6 is 0 Å². The first-order valence-corrected chi connectivity index (χ1v) is 5.36. The van der Waals surface area contributed by atoms with Gasteiger partial charge in [-0.15, -0.1) is 0 Å². The monoisotopic (exact) mass is 232 g/mol. The van der Waals surface area contributed by atoms with Crippen molar-refractivity contribution in [3.63, 3.8) is 0 Å². The topological polar surface area (TPSA) is 29.5 Å². The summed E-state index contributed by atoms with van der Waals surface area (Å²) in [5.74, 6) is 0.734. The lowest BCUT2D eigenvalue weighted by molar-refractivity contribution is 0.199. The highest BCUT2D eigenvalue weighted by molar-refractivity contribution is 5.33. The molecule has 0 bridgehead atoms. The summed E-state index contributed by atoms with van der Waals surface area (Å²) in [4.78, 5) is 0. The van der Waals surface area contributed by atoms with Gasteiger partial charge in [-0.2, -0.15) is 0 Å². The Labute approximate surface area is 99.3 Å². The molecule has 0 aliphatic heterocycles. The molecule has 0 spiro atoms. The van der Waals surface area contributed by atoms with E-state index in [0.29, 0.717) is 11.5 Å². The lowest BCUT2D eigenvalue weighted by atomic mass is 10.1. The maximum atomic E-state index is 12.9. The van der Waals surface area contributed by atoms with E-state index in [0.717, 1.165) is 5.56 Å². The van der Waals surface area contributed by atoms with Crippen LogP contribution in [0.25, 0.3) is 0 Å². The zero-order valence-corrected chi connectivity index (χ0v) is 9.43. The van der Waals surface area contributed by atoms with Crippen molar-refractivity contribution in [2.45, 2.75) is 13.0 Å². The van der Waals surface area contributed by atoms with Crippen LogP contribution in [0.4, 0.5) is 4.39 Å². The third-order valence-corrected chi connectivity index (χ3v) is 2.39. The summed E-state index contributed by atoms with van der Waals surface area (Å²) in [5.41, 5.74) is 0.816. The normalized spacial score (nSPS) is 12.2. The van der Waals surface area contributed by atoms with Gasteiger partial charge in [0.25, 0.3) is 0 Å². The Morgan fingerprint density at radius 2 is 1.76 bits per heavy atom. The fourth-order valence-corrected chi connectivity index (χ4v) is 1.48. The van der Waals surface area contributed by atoms with Gasteiger partial charge in [-0.25, -0.2) is 4.39 Å². The summed E-state index contributed by atoms with van der Waals surface area (Å²) in [7, 11) is 0. The van der Waals surface area contributed by atoms with Gasteiger partial charge >= 0.3 is 0 Å². The Kier molecular flexibility index (Phi) is 3.40. The predicted octanol–water partition coefficient (Wildman–Crippen LogP) is 3.67. The summed E-state index contributed by atoms with van der Waals surface area (Å²) >= 11 is 0. The average molecular weight is 232 g/mol. The molecule has 2 nitrogen and oxygen atoms in total. The highest BCUT2D eigenvalue weighted by Gasteiger charge is 2.02. The van der Waals surface area contributed by atoms with E-state index in [2.05, 4.69) is 0 Å². The van der Waals surface area contributed by atoms with E-state index in [9.17, 15) is 9.50 Å². The van der Waals surface area contributed by atoms with Gasteiger partial charge < -0.3 is 9.84 Å². The fourth-order valence-electron chi connectivity index (χ4n) is 1.48. The molecular weight excluding hydrogens is 219 g/mol. The van der Waals surface area contributed by atoms with Crippen LogP contribution in [0, 0.1) is 5.82 Å². The number of hydrogen-bond acceptors (Lipinski definition) is 2. The number of rotatable bonds is 3. The molecule has 1 atom stereocenters. The Morgan fingerprint density at radius 3 is 2.35 bits per heavy atom. The Balaban J connectivity index is 2.14. The minimum atomic E-state index is -0.502. The summed E-state index contributed by atoms with van der Waals surface area (Å²) in [6, 6.07) is 13.0. The van der Waals surface area contributed by atoms with Crippen LogP contribution in [0.5, 0.6) is 11.5 Å². The molecule has 0 unspecified atom stereocenters. The zero-order valence-electron chi connectivity index (χ0n) is 9.43. The molecule has 0 fully saturated rings. The van der Waals surface area contributed by atoms with Crippen LogP contribution in [0.15, 0.2) is 48.5 Å². The molecule has 2 aromatic carbocycles. The molecule has 3 heteroatoms. The Morgan fingerprint density at radius 1 is 1.06 bits per heavy atom. The standard InChI is InChI=1S/C14H13FO2/c1-10(16)11-5-7-13(8-6-11)17-14-4-2-3-12(15)9-14/h2-10,16H,1H3/t10-/m1/s1. The second-order valence-corrected chi connectivity index (χ2v) is 3.80. The molecule has 2 aromatic rings. The highest BCUT2D eigenvalue weighted by Crippen LogP contribution is 2.23. The molecule has 88 valence electrons. The third kappa shape index (κ3) is 3.04. The van der Waals surface area contributed by atoms with Crippen LogP contribution in [0.2, 0.25) is 0 Å². The van der Waals surface area contributed by atoms with Gasteiger partial charge in [0.2, 0.25) is 0 Å². The van der Waals surface area contributed by atoms with Crippen LogP contribution in [-0.2, 0) is 0 Å². The van der Waals surface area contributed by atoms with E-state index in [-0.39, 0.29) is 5.82 Å². The summed E-state index contributed by atoms with van der Waals surface area (Å²) in [6.07, 6.45) is -0.502. The summed E-state index contributed by atoms with van der Waals surface area (Å²) in [6.45, 7) is 1.70. The second kappa shape index (κ2) is 4.97. The SMILES string of the molecule is C[C@@H](O)c1ccc(Oc2cccc(F)c2)cc1. The summed E-state index contributed by atoms with van der Waals surface area (Å²) in [5, 5.41) is 9.35. The van der Waals surface area contributed by atoms with E-state index < -0.39 is 6.10 Å². The molecule has 1 N–H and O–H groups in total. The van der Waals surface area contributed by atoms with Crippen molar-refractivity contribution >= 4 is 0 Å². The van der Waals surface area contributed by atoms with E-state index in [1.807, 2.05) is 0 Å². The van der Waals surface area contributed by atoms with Gasteiger partial charge in [-0.1, -0.05) is 18.2 Å². The Hall–Kier alpha value is -1.87. The minimum Gasteiger partial charge on any atom is -0.457 e. The average Bonchev–Trinajstić information content (AvgIpc) is 2.29. The molecular formula is C14H13FO2. The van der Waals surface area contributed by atoms with Gasteiger partial charge in [-0.05, 0) is 36.8 Å². The van der Waals surface area contributed by atoms with Gasteiger partial charge in [-0.3, -0.25) is 0 Å². The number of hydrogen-bond donors (Lipinski definition) is 1. The first-order chi connectivity index (χ1) is 8.15. The zero-order chi connectivity index (χ0) is 12.3. The van der Waals surface area contributed by atoms with Gasteiger partial charge in [0, 0.05) is 6.07 Å². The molecule has 0 aromatic heterocycles. The van der Waals surface area contributed by atoms with E-state index in [1.165, 1.54) is 12.1 Å². The molecule has 0 aliphatic rings. The smallest absolute Gasteiger partial charge is 0.130 e. The second-order valence-electron chi connectivity index (χ2n) is 3.80. The molecule has 0 amide bonds. The number of aliphatic hydroxyl groups is 1. The van der Waals surface area contributed by atoms with Crippen LogP contribution in [-0.4, -0.2) is 5.11 Å². The first kappa shape index (κ1) is 11.6. The van der Waals surface area contributed by atoms with Crippen molar-refractivity contribution in [3.8, 4) is 11.5 Å². The largest absolute Gasteiger partial charge is 0.457 e. The van der Waals surface area contributed by atoms with E-state index >= 15 is 0 Å².